The molecule has 0 fully saturated rings. The SMILES string of the molecule is CCNC(=NCCC(OCC)C(C)C)NCCc1nc(C)c(C)s1.I. The largest absolute Gasteiger partial charge is 0.378 e. The fourth-order valence-electron chi connectivity index (χ4n) is 2.40. The van der Waals surface area contributed by atoms with Crippen LogP contribution in [0.25, 0.3) is 0 Å². The van der Waals surface area contributed by atoms with Crippen LogP contribution in [0, 0.1) is 19.8 Å². The number of aliphatic imine (C=N–C) groups is 1. The molecule has 0 saturated heterocycles. The van der Waals surface area contributed by atoms with Gasteiger partial charge in [-0.25, -0.2) is 4.98 Å². The molecule has 0 aliphatic heterocycles. The van der Waals surface area contributed by atoms with Crippen molar-refractivity contribution in [2.24, 2.45) is 10.9 Å². The quantitative estimate of drug-likeness (QED) is 0.302. The number of nitrogens with zero attached hydrogens (tertiary/aromatic N) is 2. The van der Waals surface area contributed by atoms with E-state index in [0.717, 1.165) is 50.7 Å². The lowest BCUT2D eigenvalue weighted by Gasteiger charge is -2.20. The Labute approximate surface area is 174 Å². The third-order valence-corrected chi connectivity index (χ3v) is 4.99. The van der Waals surface area contributed by atoms with Crippen LogP contribution in [0.3, 0.4) is 0 Å². The lowest BCUT2D eigenvalue weighted by atomic mass is 10.0. The van der Waals surface area contributed by atoms with Crippen LogP contribution in [0.4, 0.5) is 0 Å². The number of guanidine groups is 1. The Balaban J connectivity index is 0.00000576. The highest BCUT2D eigenvalue weighted by molar-refractivity contribution is 14.0. The number of hydrogen-bond donors (Lipinski definition) is 2. The fourth-order valence-corrected chi connectivity index (χ4v) is 3.34. The predicted molar refractivity (Wildman–Crippen MR) is 120 cm³/mol. The molecule has 0 amide bonds. The summed E-state index contributed by atoms with van der Waals surface area (Å²) in [5.41, 5.74) is 1.14. The minimum absolute atomic E-state index is 0. The van der Waals surface area contributed by atoms with E-state index in [1.165, 1.54) is 9.88 Å². The highest BCUT2D eigenvalue weighted by Crippen LogP contribution is 2.16. The van der Waals surface area contributed by atoms with Gasteiger partial charge in [0.25, 0.3) is 0 Å². The number of ether oxygens (including phenoxy) is 1. The summed E-state index contributed by atoms with van der Waals surface area (Å²) in [6.45, 7) is 16.0. The summed E-state index contributed by atoms with van der Waals surface area (Å²) in [5, 5.41) is 7.88. The van der Waals surface area contributed by atoms with Crippen molar-refractivity contribution in [1.82, 2.24) is 15.6 Å². The summed E-state index contributed by atoms with van der Waals surface area (Å²) in [7, 11) is 0. The van der Waals surface area contributed by atoms with E-state index in [1.54, 1.807) is 11.3 Å². The van der Waals surface area contributed by atoms with Gasteiger partial charge in [-0.15, -0.1) is 35.3 Å². The van der Waals surface area contributed by atoms with Crippen LogP contribution < -0.4 is 10.6 Å². The molecule has 1 heterocycles. The molecule has 1 unspecified atom stereocenters. The second-order valence-corrected chi connectivity index (χ2v) is 7.50. The normalized spacial score (nSPS) is 12.8. The molecule has 5 nitrogen and oxygen atoms in total. The maximum atomic E-state index is 5.78. The van der Waals surface area contributed by atoms with Gasteiger partial charge in [-0.05, 0) is 40.0 Å². The molecule has 1 aromatic rings. The monoisotopic (exact) mass is 482 g/mol. The van der Waals surface area contributed by atoms with E-state index in [9.17, 15) is 0 Å². The summed E-state index contributed by atoms with van der Waals surface area (Å²) in [4.78, 5) is 10.6. The molecule has 0 bridgehead atoms. The minimum atomic E-state index is 0. The Hall–Kier alpha value is -0.410. The number of thiazole rings is 1. The molecular formula is C18H35IN4OS. The van der Waals surface area contributed by atoms with Crippen LogP contribution in [0.2, 0.25) is 0 Å². The minimum Gasteiger partial charge on any atom is -0.378 e. The summed E-state index contributed by atoms with van der Waals surface area (Å²) in [6, 6.07) is 0. The molecule has 1 rings (SSSR count). The Kier molecular flexibility index (Phi) is 13.5. The van der Waals surface area contributed by atoms with Gasteiger partial charge in [0, 0.05) is 37.5 Å². The molecule has 146 valence electrons. The first-order valence-corrected chi connectivity index (χ1v) is 9.86. The molecule has 7 heteroatoms. The Morgan fingerprint density at radius 2 is 1.96 bits per heavy atom. The molecule has 0 aliphatic rings. The standard InChI is InChI=1S/C18H34N4OS.HI/c1-7-19-18(20-11-9-16(13(3)4)23-8-2)21-12-10-17-22-14(5)15(6)24-17;/h13,16H,7-12H2,1-6H3,(H2,19,20,21);1H. The van der Waals surface area contributed by atoms with E-state index in [-0.39, 0.29) is 30.1 Å². The van der Waals surface area contributed by atoms with Gasteiger partial charge in [0.1, 0.15) is 0 Å². The second kappa shape index (κ2) is 13.7. The zero-order valence-corrected chi connectivity index (χ0v) is 19.7. The van der Waals surface area contributed by atoms with Crippen molar-refractivity contribution < 1.29 is 4.74 Å². The zero-order valence-electron chi connectivity index (χ0n) is 16.5. The molecular weight excluding hydrogens is 447 g/mol. The topological polar surface area (TPSA) is 58.5 Å². The van der Waals surface area contributed by atoms with Crippen LogP contribution in [-0.4, -0.2) is 43.3 Å². The number of aryl methyl sites for hydroxylation is 2. The molecule has 1 atom stereocenters. The summed E-state index contributed by atoms with van der Waals surface area (Å²) in [5.74, 6) is 1.40. The fraction of sp³-hybridized carbons (Fsp3) is 0.778. The molecule has 25 heavy (non-hydrogen) atoms. The van der Waals surface area contributed by atoms with Crippen molar-refractivity contribution >= 4 is 41.3 Å². The number of nitrogens with one attached hydrogen (secondary N) is 2. The van der Waals surface area contributed by atoms with Crippen molar-refractivity contribution in [3.63, 3.8) is 0 Å². The van der Waals surface area contributed by atoms with E-state index in [2.05, 4.69) is 55.2 Å². The number of aromatic nitrogens is 1. The van der Waals surface area contributed by atoms with Gasteiger partial charge in [-0.3, -0.25) is 4.99 Å². The predicted octanol–water partition coefficient (Wildman–Crippen LogP) is 3.93. The summed E-state index contributed by atoms with van der Waals surface area (Å²) < 4.78 is 5.78. The molecule has 0 spiro atoms. The molecule has 0 aromatic carbocycles. The maximum absolute atomic E-state index is 5.78. The summed E-state index contributed by atoms with van der Waals surface area (Å²) >= 11 is 1.78. The zero-order chi connectivity index (χ0) is 17.9. The lowest BCUT2D eigenvalue weighted by Crippen LogP contribution is -2.38. The van der Waals surface area contributed by atoms with Gasteiger partial charge < -0.3 is 15.4 Å². The third-order valence-electron chi connectivity index (χ3n) is 3.86. The molecule has 0 saturated carbocycles. The first kappa shape index (κ1) is 24.6. The number of rotatable bonds is 10. The van der Waals surface area contributed by atoms with Crippen LogP contribution in [0.1, 0.15) is 49.7 Å². The van der Waals surface area contributed by atoms with Gasteiger partial charge in [-0.1, -0.05) is 13.8 Å². The molecule has 1 aromatic heterocycles. The average molecular weight is 482 g/mol. The second-order valence-electron chi connectivity index (χ2n) is 6.21. The van der Waals surface area contributed by atoms with Crippen LogP contribution in [-0.2, 0) is 11.2 Å². The van der Waals surface area contributed by atoms with Gasteiger partial charge in [0.2, 0.25) is 0 Å². The van der Waals surface area contributed by atoms with Gasteiger partial charge in [-0.2, -0.15) is 0 Å². The van der Waals surface area contributed by atoms with Crippen LogP contribution in [0.15, 0.2) is 4.99 Å². The molecule has 2 N–H and O–H groups in total. The lowest BCUT2D eigenvalue weighted by molar-refractivity contribution is 0.0266. The first-order valence-electron chi connectivity index (χ1n) is 9.04. The van der Waals surface area contributed by atoms with E-state index >= 15 is 0 Å². The number of hydrogen-bond acceptors (Lipinski definition) is 4. The van der Waals surface area contributed by atoms with Gasteiger partial charge in [0.05, 0.1) is 16.8 Å². The van der Waals surface area contributed by atoms with Crippen molar-refractivity contribution in [2.75, 3.05) is 26.2 Å². The van der Waals surface area contributed by atoms with Crippen molar-refractivity contribution in [3.8, 4) is 0 Å². The molecule has 0 radical (unpaired) electrons. The number of halogens is 1. The van der Waals surface area contributed by atoms with Crippen LogP contribution in [0.5, 0.6) is 0 Å². The highest BCUT2D eigenvalue weighted by Gasteiger charge is 2.12. The summed E-state index contributed by atoms with van der Waals surface area (Å²) in [6.07, 6.45) is 2.16. The van der Waals surface area contributed by atoms with Crippen LogP contribution >= 0.6 is 35.3 Å². The Bertz CT molecular complexity index is 486. The van der Waals surface area contributed by atoms with E-state index < -0.39 is 0 Å². The molecule has 0 aliphatic carbocycles. The Morgan fingerprint density at radius 3 is 2.48 bits per heavy atom. The van der Waals surface area contributed by atoms with Gasteiger partial charge >= 0.3 is 0 Å². The van der Waals surface area contributed by atoms with Crippen molar-refractivity contribution in [1.29, 1.82) is 0 Å². The van der Waals surface area contributed by atoms with E-state index in [1.807, 2.05) is 6.92 Å². The van der Waals surface area contributed by atoms with Crippen molar-refractivity contribution in [2.45, 2.75) is 60.5 Å². The Morgan fingerprint density at radius 1 is 1.24 bits per heavy atom. The third kappa shape index (κ3) is 9.75. The smallest absolute Gasteiger partial charge is 0.191 e. The van der Waals surface area contributed by atoms with E-state index in [0.29, 0.717) is 5.92 Å². The van der Waals surface area contributed by atoms with Gasteiger partial charge in [0.15, 0.2) is 5.96 Å². The highest BCUT2D eigenvalue weighted by atomic mass is 127. The van der Waals surface area contributed by atoms with E-state index in [4.69, 9.17) is 4.74 Å². The van der Waals surface area contributed by atoms with Crippen molar-refractivity contribution in [3.05, 3.63) is 15.6 Å². The average Bonchev–Trinajstić information content (AvgIpc) is 2.84. The maximum Gasteiger partial charge on any atom is 0.191 e. The first-order chi connectivity index (χ1) is 11.5.